The number of ether oxygens (including phenoxy) is 1. The molecule has 0 fully saturated rings. The summed E-state index contributed by atoms with van der Waals surface area (Å²) >= 11 is 0. The Kier molecular flexibility index (Phi) is 2.84. The maximum atomic E-state index is 12.4. The van der Waals surface area contributed by atoms with Crippen LogP contribution in [0.3, 0.4) is 0 Å². The number of benzene rings is 2. The van der Waals surface area contributed by atoms with Gasteiger partial charge in [0.15, 0.2) is 5.76 Å². The fourth-order valence-corrected chi connectivity index (χ4v) is 2.75. The van der Waals surface area contributed by atoms with Crippen LogP contribution in [0.4, 0.5) is 0 Å². The maximum Gasteiger partial charge on any atom is 0.235 e. The zero-order valence-electron chi connectivity index (χ0n) is 12.2. The third-order valence-corrected chi connectivity index (χ3v) is 3.87. The number of H-pyrrole nitrogens is 1. The minimum absolute atomic E-state index is 0.0246. The van der Waals surface area contributed by atoms with E-state index < -0.39 is 5.78 Å². The molecule has 1 aliphatic rings. The van der Waals surface area contributed by atoms with E-state index in [1.165, 1.54) is 6.07 Å². The average molecular weight is 318 g/mol. The smallest absolute Gasteiger partial charge is 0.235 e. The van der Waals surface area contributed by atoms with E-state index in [4.69, 9.17) is 10.00 Å². The third kappa shape index (κ3) is 2.00. The Bertz CT molecular complexity index is 1090. The highest BCUT2D eigenvalue weighted by molar-refractivity contribution is 6.16. The molecule has 0 radical (unpaired) electrons. The van der Waals surface area contributed by atoms with E-state index in [-0.39, 0.29) is 28.6 Å². The van der Waals surface area contributed by atoms with E-state index in [1.807, 2.05) is 0 Å². The van der Waals surface area contributed by atoms with Gasteiger partial charge in [0.2, 0.25) is 5.78 Å². The quantitative estimate of drug-likeness (QED) is 0.598. The van der Waals surface area contributed by atoms with Gasteiger partial charge in [-0.3, -0.25) is 4.79 Å². The number of hydrogen-bond donors (Lipinski definition) is 3. The molecule has 0 aliphatic carbocycles. The number of ketones is 1. The molecule has 6 nitrogen and oxygen atoms in total. The lowest BCUT2D eigenvalue weighted by molar-refractivity contribution is 0.101. The van der Waals surface area contributed by atoms with Crippen LogP contribution in [0.2, 0.25) is 0 Å². The number of hydrogen-bond acceptors (Lipinski definition) is 5. The molecule has 1 aliphatic heterocycles. The van der Waals surface area contributed by atoms with Gasteiger partial charge in [-0.15, -0.1) is 0 Å². The average Bonchev–Trinajstić information content (AvgIpc) is 3.09. The van der Waals surface area contributed by atoms with Crippen molar-refractivity contribution in [1.82, 2.24) is 4.98 Å². The normalized spacial score (nSPS) is 14.6. The Morgan fingerprint density at radius 3 is 2.83 bits per heavy atom. The molecule has 3 aromatic rings. The Labute approximate surface area is 135 Å². The molecule has 0 saturated carbocycles. The van der Waals surface area contributed by atoms with Crippen LogP contribution in [-0.2, 0) is 0 Å². The lowest BCUT2D eigenvalue weighted by atomic mass is 10.1. The van der Waals surface area contributed by atoms with Gasteiger partial charge in [-0.1, -0.05) is 0 Å². The van der Waals surface area contributed by atoms with Crippen molar-refractivity contribution >= 4 is 22.8 Å². The third-order valence-electron chi connectivity index (χ3n) is 3.87. The van der Waals surface area contributed by atoms with Crippen molar-refractivity contribution in [2.24, 2.45) is 0 Å². The van der Waals surface area contributed by atoms with Gasteiger partial charge in [0.1, 0.15) is 22.8 Å². The second-order valence-corrected chi connectivity index (χ2v) is 5.39. The fraction of sp³-hybridized carbons (Fsp3) is 0. The van der Waals surface area contributed by atoms with Crippen molar-refractivity contribution in [3.05, 3.63) is 59.0 Å². The van der Waals surface area contributed by atoms with Gasteiger partial charge >= 0.3 is 0 Å². The highest BCUT2D eigenvalue weighted by Gasteiger charge is 2.31. The van der Waals surface area contributed by atoms with Crippen LogP contribution in [0.25, 0.3) is 17.0 Å². The molecule has 3 N–H and O–H groups in total. The summed E-state index contributed by atoms with van der Waals surface area (Å²) in [6, 6.07) is 9.64. The van der Waals surface area contributed by atoms with Crippen molar-refractivity contribution in [1.29, 1.82) is 5.26 Å². The topological polar surface area (TPSA) is 106 Å². The number of aromatic nitrogens is 1. The van der Waals surface area contributed by atoms with Gasteiger partial charge in [0.25, 0.3) is 0 Å². The number of rotatable bonds is 1. The highest BCUT2D eigenvalue weighted by Crippen LogP contribution is 2.40. The molecule has 0 atom stereocenters. The number of carbonyl (C=O) groups excluding carboxylic acids is 1. The number of nitriles is 1. The number of phenolic OH excluding ortho intramolecular Hbond substituents is 2. The number of nitrogens with one attached hydrogen (secondary N) is 1. The molecule has 2 heterocycles. The van der Waals surface area contributed by atoms with E-state index >= 15 is 0 Å². The monoisotopic (exact) mass is 318 g/mol. The first kappa shape index (κ1) is 13.9. The standard InChI is InChI=1S/C18H10N2O4/c19-7-9-1-2-13-12(3-9)10(8-20-13)4-16-18(23)17-14(22)5-11(21)6-15(17)24-16/h1-6,8,20-22H. The summed E-state index contributed by atoms with van der Waals surface area (Å²) in [4.78, 5) is 15.5. The van der Waals surface area contributed by atoms with Gasteiger partial charge < -0.3 is 19.9 Å². The van der Waals surface area contributed by atoms with Gasteiger partial charge in [-0.25, -0.2) is 0 Å². The molecule has 24 heavy (non-hydrogen) atoms. The summed E-state index contributed by atoms with van der Waals surface area (Å²) in [5.41, 5.74) is 2.04. The van der Waals surface area contributed by atoms with E-state index in [0.29, 0.717) is 11.1 Å². The summed E-state index contributed by atoms with van der Waals surface area (Å²) in [7, 11) is 0. The number of aromatic amines is 1. The molecule has 0 saturated heterocycles. The molecular weight excluding hydrogens is 308 g/mol. The second-order valence-electron chi connectivity index (χ2n) is 5.39. The van der Waals surface area contributed by atoms with Crippen molar-refractivity contribution in [3.8, 4) is 23.3 Å². The number of allylic oxidation sites excluding steroid dienone is 1. The summed E-state index contributed by atoms with van der Waals surface area (Å²) in [5.74, 6) is -0.834. The van der Waals surface area contributed by atoms with Gasteiger partial charge in [-0.2, -0.15) is 5.26 Å². The predicted molar refractivity (Wildman–Crippen MR) is 85.7 cm³/mol. The lowest BCUT2D eigenvalue weighted by Gasteiger charge is -2.00. The number of carbonyl (C=O) groups is 1. The summed E-state index contributed by atoms with van der Waals surface area (Å²) < 4.78 is 5.47. The summed E-state index contributed by atoms with van der Waals surface area (Å²) in [5, 5.41) is 29.1. The molecule has 0 bridgehead atoms. The molecule has 116 valence electrons. The first-order chi connectivity index (χ1) is 11.6. The minimum atomic E-state index is -0.465. The molecule has 4 rings (SSSR count). The van der Waals surface area contributed by atoms with E-state index in [9.17, 15) is 15.0 Å². The molecule has 0 spiro atoms. The van der Waals surface area contributed by atoms with E-state index in [0.717, 1.165) is 17.0 Å². The lowest BCUT2D eigenvalue weighted by Crippen LogP contribution is -1.98. The summed E-state index contributed by atoms with van der Waals surface area (Å²) in [6.07, 6.45) is 3.24. The molecule has 0 unspecified atom stereocenters. The van der Waals surface area contributed by atoms with E-state index in [1.54, 1.807) is 30.5 Å². The Morgan fingerprint density at radius 2 is 2.04 bits per heavy atom. The van der Waals surface area contributed by atoms with Crippen LogP contribution in [0.1, 0.15) is 21.5 Å². The predicted octanol–water partition coefficient (Wildman–Crippen LogP) is 3.07. The Hall–Kier alpha value is -3.72. The van der Waals surface area contributed by atoms with Gasteiger partial charge in [-0.05, 0) is 24.3 Å². The number of Topliss-reactive ketones (excluding diaryl/α,β-unsaturated/α-hetero) is 1. The SMILES string of the molecule is N#Cc1ccc2[nH]cc(C=C3Oc4cc(O)cc(O)c4C3=O)c2c1. The van der Waals surface area contributed by atoms with Crippen LogP contribution in [0.5, 0.6) is 17.2 Å². The van der Waals surface area contributed by atoms with Crippen LogP contribution in [0, 0.1) is 11.3 Å². The Balaban J connectivity index is 1.82. The second kappa shape index (κ2) is 4.89. The van der Waals surface area contributed by atoms with Crippen LogP contribution in [-0.4, -0.2) is 21.0 Å². The minimum Gasteiger partial charge on any atom is -0.508 e. The zero-order chi connectivity index (χ0) is 16.8. The van der Waals surface area contributed by atoms with Crippen molar-refractivity contribution in [3.63, 3.8) is 0 Å². The number of fused-ring (bicyclic) bond motifs is 2. The summed E-state index contributed by atoms with van der Waals surface area (Å²) in [6.45, 7) is 0. The molecule has 0 amide bonds. The van der Waals surface area contributed by atoms with Crippen molar-refractivity contribution in [2.75, 3.05) is 0 Å². The molecule has 6 heteroatoms. The molecular formula is C18H10N2O4. The molecule has 2 aromatic carbocycles. The number of aromatic hydroxyl groups is 2. The largest absolute Gasteiger partial charge is 0.508 e. The zero-order valence-corrected chi connectivity index (χ0v) is 12.2. The Morgan fingerprint density at radius 1 is 1.21 bits per heavy atom. The number of phenols is 2. The maximum absolute atomic E-state index is 12.4. The number of nitrogens with zero attached hydrogens (tertiary/aromatic N) is 1. The van der Waals surface area contributed by atoms with E-state index in [2.05, 4.69) is 11.1 Å². The van der Waals surface area contributed by atoms with Crippen LogP contribution < -0.4 is 4.74 Å². The highest BCUT2D eigenvalue weighted by atomic mass is 16.5. The fourth-order valence-electron chi connectivity index (χ4n) is 2.75. The van der Waals surface area contributed by atoms with Crippen LogP contribution >= 0.6 is 0 Å². The van der Waals surface area contributed by atoms with Gasteiger partial charge in [0.05, 0.1) is 11.6 Å². The van der Waals surface area contributed by atoms with Crippen LogP contribution in [0.15, 0.2) is 42.3 Å². The van der Waals surface area contributed by atoms with Crippen molar-refractivity contribution in [2.45, 2.75) is 0 Å². The first-order valence-corrected chi connectivity index (χ1v) is 7.08. The van der Waals surface area contributed by atoms with Gasteiger partial charge in [0, 0.05) is 34.8 Å². The first-order valence-electron chi connectivity index (χ1n) is 7.08. The molecule has 1 aromatic heterocycles. The van der Waals surface area contributed by atoms with Crippen molar-refractivity contribution < 1.29 is 19.7 Å².